The maximum atomic E-state index is 3.70. The summed E-state index contributed by atoms with van der Waals surface area (Å²) in [4.78, 5) is 0. The molecule has 0 aliphatic carbocycles. The van der Waals surface area contributed by atoms with Crippen LogP contribution in [0.1, 0.15) is 11.1 Å². The van der Waals surface area contributed by atoms with Crippen molar-refractivity contribution in [2.45, 2.75) is 0 Å². The zero-order valence-corrected chi connectivity index (χ0v) is 7.69. The monoisotopic (exact) mass is 207 g/mol. The van der Waals surface area contributed by atoms with Crippen molar-refractivity contribution in [3.05, 3.63) is 53.0 Å². The first-order valence-electron chi connectivity index (χ1n) is 3.23. The van der Waals surface area contributed by atoms with Crippen molar-refractivity contribution in [2.24, 2.45) is 0 Å². The van der Waals surface area contributed by atoms with Gasteiger partial charge in [-0.2, -0.15) is 0 Å². The predicted molar refractivity (Wildman–Crippen MR) is 52.2 cm³/mol. The molecule has 1 rings (SSSR count). The van der Waals surface area contributed by atoms with Crippen LogP contribution in [0.3, 0.4) is 0 Å². The lowest BCUT2D eigenvalue weighted by atomic mass is 10.1. The fourth-order valence-corrected chi connectivity index (χ4v) is 1.43. The van der Waals surface area contributed by atoms with Crippen molar-refractivity contribution in [1.29, 1.82) is 0 Å². The minimum atomic E-state index is 0.981. The maximum absolute atomic E-state index is 3.70. The van der Waals surface area contributed by atoms with Crippen LogP contribution in [0.2, 0.25) is 0 Å². The van der Waals surface area contributed by atoms with Crippen molar-refractivity contribution in [3.63, 3.8) is 0 Å². The molecule has 0 unspecified atom stereocenters. The Morgan fingerprint density at radius 2 is 2.18 bits per heavy atom. The molecule has 55 valence electrons. The molecule has 0 N–H and O–H groups in total. The van der Waals surface area contributed by atoms with Crippen molar-refractivity contribution in [3.8, 4) is 0 Å². The van der Waals surface area contributed by atoms with Crippen LogP contribution in [0.25, 0.3) is 6.08 Å². The molecule has 0 aromatic heterocycles. The normalized spacial score (nSPS) is 9.18. The third-order valence-corrected chi connectivity index (χ3v) is 2.14. The Morgan fingerprint density at radius 3 is 2.64 bits per heavy atom. The molecule has 1 aromatic rings. The average Bonchev–Trinajstić information content (AvgIpc) is 2.04. The second-order valence-electron chi connectivity index (χ2n) is 2.08. The molecular formula is C10H8Br. The van der Waals surface area contributed by atoms with Gasteiger partial charge in [0.2, 0.25) is 0 Å². The topological polar surface area (TPSA) is 0 Å². The maximum Gasteiger partial charge on any atom is 0.0253 e. The molecular weight excluding hydrogens is 200 g/mol. The van der Waals surface area contributed by atoms with Crippen LogP contribution in [0.5, 0.6) is 0 Å². The smallest absolute Gasteiger partial charge is 0.0253 e. The quantitative estimate of drug-likeness (QED) is 0.698. The summed E-state index contributed by atoms with van der Waals surface area (Å²) in [6.07, 6.45) is 4.63. The molecule has 0 spiro atoms. The van der Waals surface area contributed by atoms with Gasteiger partial charge in [-0.05, 0) is 23.3 Å². The van der Waals surface area contributed by atoms with Gasteiger partial charge in [0.15, 0.2) is 0 Å². The first-order chi connectivity index (χ1) is 5.29. The van der Waals surface area contributed by atoms with Crippen molar-refractivity contribution >= 4 is 22.0 Å². The fraction of sp³-hybridized carbons (Fsp3) is 0. The zero-order valence-electron chi connectivity index (χ0n) is 6.10. The van der Waals surface area contributed by atoms with Gasteiger partial charge in [0.25, 0.3) is 0 Å². The highest BCUT2D eigenvalue weighted by atomic mass is 79.9. The standard InChI is InChI=1S/C10H8Br/c1-3-8-6-5-7-10(11)9(8)4-2/h4-7H,1-2H2. The van der Waals surface area contributed by atoms with Gasteiger partial charge in [-0.1, -0.05) is 47.3 Å². The number of hydrogen-bond donors (Lipinski definition) is 0. The summed E-state index contributed by atoms with van der Waals surface area (Å²) in [6, 6.07) is 5.87. The van der Waals surface area contributed by atoms with Crippen molar-refractivity contribution in [1.82, 2.24) is 0 Å². The Morgan fingerprint density at radius 1 is 1.45 bits per heavy atom. The molecule has 0 heterocycles. The number of rotatable bonds is 2. The van der Waals surface area contributed by atoms with Gasteiger partial charge in [0.1, 0.15) is 0 Å². The molecule has 11 heavy (non-hydrogen) atoms. The largest absolute Gasteiger partial charge is 0.0984 e. The second-order valence-corrected chi connectivity index (χ2v) is 2.94. The second kappa shape index (κ2) is 3.54. The number of halogens is 1. The first-order valence-corrected chi connectivity index (χ1v) is 4.03. The number of benzene rings is 1. The third kappa shape index (κ3) is 1.60. The molecule has 0 bridgehead atoms. The van der Waals surface area contributed by atoms with Crippen LogP contribution in [-0.4, -0.2) is 0 Å². The van der Waals surface area contributed by atoms with Gasteiger partial charge in [-0.15, -0.1) is 0 Å². The molecule has 1 radical (unpaired) electrons. The molecule has 0 aliphatic heterocycles. The van der Waals surface area contributed by atoms with Gasteiger partial charge >= 0.3 is 0 Å². The lowest BCUT2D eigenvalue weighted by molar-refractivity contribution is 1.51. The van der Waals surface area contributed by atoms with E-state index < -0.39 is 0 Å². The zero-order chi connectivity index (χ0) is 8.27. The van der Waals surface area contributed by atoms with Gasteiger partial charge in [0, 0.05) is 4.47 Å². The van der Waals surface area contributed by atoms with E-state index in [0.29, 0.717) is 0 Å². The van der Waals surface area contributed by atoms with Crippen LogP contribution in [0.15, 0.2) is 35.8 Å². The lowest BCUT2D eigenvalue weighted by Gasteiger charge is -2.01. The molecule has 0 aliphatic rings. The van der Waals surface area contributed by atoms with E-state index in [-0.39, 0.29) is 0 Å². The first kappa shape index (κ1) is 8.28. The Labute approximate surface area is 75.4 Å². The minimum absolute atomic E-state index is 0.981. The van der Waals surface area contributed by atoms with E-state index in [1.807, 2.05) is 18.2 Å². The third-order valence-electron chi connectivity index (χ3n) is 1.45. The van der Waals surface area contributed by atoms with E-state index in [4.69, 9.17) is 0 Å². The highest BCUT2D eigenvalue weighted by Gasteiger charge is 1.98. The summed E-state index contributed by atoms with van der Waals surface area (Å²) < 4.78 is 1.03. The summed E-state index contributed by atoms with van der Waals surface area (Å²) in [6.45, 7) is 7.29. The van der Waals surface area contributed by atoms with E-state index in [2.05, 4.69) is 35.2 Å². The summed E-state index contributed by atoms with van der Waals surface area (Å²) >= 11 is 3.41. The number of hydrogen-bond acceptors (Lipinski definition) is 0. The van der Waals surface area contributed by atoms with Crippen LogP contribution in [0, 0.1) is 6.08 Å². The highest BCUT2D eigenvalue weighted by Crippen LogP contribution is 2.21. The molecule has 1 heteroatoms. The van der Waals surface area contributed by atoms with E-state index in [1.54, 1.807) is 6.08 Å². The average molecular weight is 208 g/mol. The van der Waals surface area contributed by atoms with Crippen molar-refractivity contribution in [2.75, 3.05) is 0 Å². The Bertz CT molecular complexity index is 287. The van der Waals surface area contributed by atoms with E-state index in [0.717, 1.165) is 15.6 Å². The molecule has 0 saturated heterocycles. The van der Waals surface area contributed by atoms with Crippen LogP contribution < -0.4 is 0 Å². The Hall–Kier alpha value is -0.820. The SMILES string of the molecule is C=[C]c1cccc(Br)c1C=C. The summed E-state index contributed by atoms with van der Waals surface area (Å²) in [7, 11) is 0. The molecule has 1 aromatic carbocycles. The summed E-state index contributed by atoms with van der Waals surface area (Å²) in [5.74, 6) is 0. The predicted octanol–water partition coefficient (Wildman–Crippen LogP) is 3.43. The van der Waals surface area contributed by atoms with E-state index >= 15 is 0 Å². The highest BCUT2D eigenvalue weighted by molar-refractivity contribution is 9.10. The lowest BCUT2D eigenvalue weighted by Crippen LogP contribution is -1.81. The fourth-order valence-electron chi connectivity index (χ4n) is 0.899. The van der Waals surface area contributed by atoms with Gasteiger partial charge in [-0.3, -0.25) is 0 Å². The van der Waals surface area contributed by atoms with Crippen LogP contribution in [-0.2, 0) is 0 Å². The van der Waals surface area contributed by atoms with E-state index in [1.165, 1.54) is 0 Å². The van der Waals surface area contributed by atoms with Gasteiger partial charge in [-0.25, -0.2) is 0 Å². The molecule has 0 fully saturated rings. The molecule has 0 saturated carbocycles. The van der Waals surface area contributed by atoms with Crippen molar-refractivity contribution < 1.29 is 0 Å². The Kier molecular flexibility index (Phi) is 2.66. The van der Waals surface area contributed by atoms with Crippen LogP contribution >= 0.6 is 15.9 Å². The Balaban J connectivity index is 3.35. The molecule has 0 nitrogen and oxygen atoms in total. The summed E-state index contributed by atoms with van der Waals surface area (Å²) in [5, 5.41) is 0. The van der Waals surface area contributed by atoms with E-state index in [9.17, 15) is 0 Å². The van der Waals surface area contributed by atoms with Gasteiger partial charge < -0.3 is 0 Å². The molecule has 0 amide bonds. The van der Waals surface area contributed by atoms with Gasteiger partial charge in [0.05, 0.1) is 0 Å². The summed E-state index contributed by atoms with van der Waals surface area (Å²) in [5.41, 5.74) is 2.02. The van der Waals surface area contributed by atoms with Crippen LogP contribution in [0.4, 0.5) is 0 Å². The minimum Gasteiger partial charge on any atom is -0.0984 e. The molecule has 0 atom stereocenters.